The van der Waals surface area contributed by atoms with Crippen molar-refractivity contribution in [2.24, 2.45) is 0 Å². The van der Waals surface area contributed by atoms with Crippen LogP contribution in [0.4, 0.5) is 4.39 Å². The molecule has 0 saturated heterocycles. The highest BCUT2D eigenvalue weighted by Gasteiger charge is 2.26. The van der Waals surface area contributed by atoms with Gasteiger partial charge in [0.05, 0.1) is 0 Å². The zero-order valence-electron chi connectivity index (χ0n) is 22.4. The summed E-state index contributed by atoms with van der Waals surface area (Å²) in [5.74, 6) is 5.70. The molecule has 7 heteroatoms. The van der Waals surface area contributed by atoms with E-state index in [4.69, 9.17) is 9.47 Å². The molecule has 0 saturated carbocycles. The zero-order valence-corrected chi connectivity index (χ0v) is 27.0. The van der Waals surface area contributed by atoms with Gasteiger partial charge in [0, 0.05) is 53.0 Å². The van der Waals surface area contributed by atoms with Gasteiger partial charge >= 0.3 is 5.97 Å². The number of esters is 1. The maximum absolute atomic E-state index is 13.1. The lowest BCUT2D eigenvalue weighted by atomic mass is 10.1. The van der Waals surface area contributed by atoms with Crippen LogP contribution in [0.2, 0.25) is 0 Å². The molecule has 0 fully saturated rings. The minimum Gasteiger partial charge on any atom is -0.481 e. The molecule has 1 atom stereocenters. The molecule has 0 aliphatic carbocycles. The number of benzene rings is 4. The monoisotopic (exact) mass is 727 g/mol. The van der Waals surface area contributed by atoms with E-state index < -0.39 is 11.6 Å². The van der Waals surface area contributed by atoms with Crippen LogP contribution in [0, 0.1) is 35.1 Å². The summed E-state index contributed by atoms with van der Waals surface area (Å²) in [6.45, 7) is 7.21. The standard InChI is InChI=1S/C33H26BrFIO3S/c1-20-15-26(40-29-11-7-23(34)17-27(29)28-18-25(36)10-12-30(28)40)16-21(2)32(20)38-19-31(37)39-33(3,4)14-13-22-5-8-24(35)9-6-22/h5-12,15-18H,19H2,1-4H3/q+1. The second-order valence-electron chi connectivity index (χ2n) is 10.0. The number of halogens is 3. The summed E-state index contributed by atoms with van der Waals surface area (Å²) in [4.78, 5) is 13.9. The van der Waals surface area contributed by atoms with E-state index in [1.807, 2.05) is 13.8 Å². The predicted molar refractivity (Wildman–Crippen MR) is 174 cm³/mol. The number of hydrogen-bond acceptors (Lipinski definition) is 3. The smallest absolute Gasteiger partial charge is 0.345 e. The Morgan fingerprint density at radius 3 is 2.25 bits per heavy atom. The summed E-state index contributed by atoms with van der Waals surface area (Å²) in [6, 6.07) is 23.3. The van der Waals surface area contributed by atoms with Crippen molar-refractivity contribution < 1.29 is 18.7 Å². The molecular formula is C33H26BrFIO3S+. The van der Waals surface area contributed by atoms with E-state index in [9.17, 15) is 9.18 Å². The first kappa shape index (κ1) is 28.6. The van der Waals surface area contributed by atoms with Crippen molar-refractivity contribution >= 4 is 75.1 Å². The fraction of sp³-hybridized carbons (Fsp3) is 0.182. The van der Waals surface area contributed by atoms with Crippen LogP contribution >= 0.6 is 49.0 Å². The Balaban J connectivity index is 1.37. The van der Waals surface area contributed by atoms with Crippen LogP contribution in [0.1, 0.15) is 30.5 Å². The maximum atomic E-state index is 13.1. The molecule has 0 radical (unpaired) electrons. The van der Waals surface area contributed by atoms with E-state index in [2.05, 4.69) is 98.9 Å². The first-order chi connectivity index (χ1) is 19.0. The number of aryl methyl sites for hydroxylation is 2. The van der Waals surface area contributed by atoms with Crippen molar-refractivity contribution in [3.63, 3.8) is 0 Å². The van der Waals surface area contributed by atoms with Gasteiger partial charge in [-0.2, -0.15) is 0 Å². The Morgan fingerprint density at radius 1 is 0.950 bits per heavy atom. The van der Waals surface area contributed by atoms with Crippen molar-refractivity contribution in [1.29, 1.82) is 0 Å². The predicted octanol–water partition coefficient (Wildman–Crippen LogP) is 9.61. The van der Waals surface area contributed by atoms with Gasteiger partial charge in [0.2, 0.25) is 0 Å². The third-order valence-corrected chi connectivity index (χ3v) is 9.80. The second-order valence-corrected chi connectivity index (χ2v) is 14.1. The molecule has 5 rings (SSSR count). The minimum absolute atomic E-state index is 0.230. The van der Waals surface area contributed by atoms with Gasteiger partial charge in [-0.15, -0.1) is 0 Å². The van der Waals surface area contributed by atoms with Crippen molar-refractivity contribution in [3.05, 3.63) is 103 Å². The Kier molecular flexibility index (Phi) is 8.23. The first-order valence-electron chi connectivity index (χ1n) is 12.6. The average Bonchev–Trinajstić information content (AvgIpc) is 3.20. The van der Waals surface area contributed by atoms with Crippen LogP contribution in [0.15, 0.2) is 77.3 Å². The Hall–Kier alpha value is -2.93. The number of hydrogen-bond donors (Lipinski definition) is 0. The zero-order chi connectivity index (χ0) is 28.6. The second kappa shape index (κ2) is 11.5. The van der Waals surface area contributed by atoms with Gasteiger partial charge in [-0.25, -0.2) is 9.18 Å². The molecule has 5 aromatic rings. The van der Waals surface area contributed by atoms with Crippen LogP contribution in [0.3, 0.4) is 0 Å². The molecule has 0 N–H and O–H groups in total. The van der Waals surface area contributed by atoms with Gasteiger partial charge in [0.15, 0.2) is 26.5 Å². The minimum atomic E-state index is -1.03. The number of thiophene rings is 1. The molecule has 0 bridgehead atoms. The summed E-state index contributed by atoms with van der Waals surface area (Å²) >= 11 is 6.00. The summed E-state index contributed by atoms with van der Waals surface area (Å²) in [5, 5.41) is 2.53. The van der Waals surface area contributed by atoms with E-state index >= 15 is 0 Å². The van der Waals surface area contributed by atoms with Gasteiger partial charge in [-0.1, -0.05) is 27.8 Å². The highest BCUT2D eigenvalue weighted by molar-refractivity contribution is 14.1. The van der Waals surface area contributed by atoms with Crippen molar-refractivity contribution in [3.8, 4) is 22.5 Å². The summed E-state index contributed by atoms with van der Waals surface area (Å²) in [5.41, 5.74) is 1.54. The van der Waals surface area contributed by atoms with E-state index in [0.717, 1.165) is 15.6 Å². The van der Waals surface area contributed by atoms with Crippen LogP contribution in [0.5, 0.6) is 5.75 Å². The number of fused-ring (bicyclic) bond motifs is 3. The van der Waals surface area contributed by atoms with Crippen LogP contribution < -0.4 is 4.74 Å². The molecule has 0 aliphatic rings. The highest BCUT2D eigenvalue weighted by atomic mass is 127. The Labute approximate surface area is 257 Å². The fourth-order valence-electron chi connectivity index (χ4n) is 4.64. The number of rotatable bonds is 5. The Morgan fingerprint density at radius 2 is 1.57 bits per heavy atom. The molecule has 1 unspecified atom stereocenters. The van der Waals surface area contributed by atoms with Crippen LogP contribution in [0.25, 0.3) is 25.1 Å². The molecule has 0 spiro atoms. The van der Waals surface area contributed by atoms with E-state index in [-0.39, 0.29) is 22.9 Å². The topological polar surface area (TPSA) is 35.5 Å². The summed E-state index contributed by atoms with van der Waals surface area (Å²) in [6.07, 6.45) is 0. The van der Waals surface area contributed by atoms with Crippen molar-refractivity contribution in [2.75, 3.05) is 6.61 Å². The molecule has 3 nitrogen and oxygen atoms in total. The molecule has 4 aromatic carbocycles. The summed E-state index contributed by atoms with van der Waals surface area (Å²) < 4.78 is 29.6. The lowest BCUT2D eigenvalue weighted by molar-refractivity contribution is -0.154. The normalized spacial score (nSPS) is 11.8. The van der Waals surface area contributed by atoms with Crippen LogP contribution in [-0.2, 0) is 9.53 Å². The molecule has 1 heterocycles. The average molecular weight is 728 g/mol. The summed E-state index contributed by atoms with van der Waals surface area (Å²) in [7, 11) is -0.239. The molecule has 0 aliphatic heterocycles. The molecule has 40 heavy (non-hydrogen) atoms. The van der Waals surface area contributed by atoms with Crippen LogP contribution in [-0.4, -0.2) is 18.2 Å². The van der Waals surface area contributed by atoms with Gasteiger partial charge in [0.1, 0.15) is 11.6 Å². The van der Waals surface area contributed by atoms with Crippen molar-refractivity contribution in [1.82, 2.24) is 0 Å². The van der Waals surface area contributed by atoms with Crippen molar-refractivity contribution in [2.45, 2.75) is 33.3 Å². The van der Waals surface area contributed by atoms with E-state index in [0.29, 0.717) is 11.3 Å². The number of ether oxygens (including phenoxy) is 2. The van der Waals surface area contributed by atoms with Gasteiger partial charge in [-0.05, 0) is 116 Å². The lowest BCUT2D eigenvalue weighted by Gasteiger charge is -2.19. The largest absolute Gasteiger partial charge is 0.481 e. The van der Waals surface area contributed by atoms with Gasteiger partial charge < -0.3 is 9.47 Å². The number of carbonyl (C=O) groups excluding carboxylic acids is 1. The Bertz CT molecular complexity index is 1750. The fourth-order valence-corrected chi connectivity index (χ4v) is 8.01. The first-order valence-corrected chi connectivity index (χ1v) is 15.7. The highest BCUT2D eigenvalue weighted by Crippen LogP contribution is 2.50. The lowest BCUT2D eigenvalue weighted by Crippen LogP contribution is -2.29. The maximum Gasteiger partial charge on any atom is 0.345 e. The molecular weight excluding hydrogens is 702 g/mol. The number of carbonyl (C=O) groups is 1. The van der Waals surface area contributed by atoms with Gasteiger partial charge in [-0.3, -0.25) is 0 Å². The molecule has 202 valence electrons. The van der Waals surface area contributed by atoms with E-state index in [1.165, 1.54) is 40.8 Å². The molecule has 0 amide bonds. The third kappa shape index (κ3) is 6.19. The van der Waals surface area contributed by atoms with E-state index in [1.54, 1.807) is 26.0 Å². The SMILES string of the molecule is Cc1cc(-[s+]2c3ccc(Br)cc3c3cc(I)ccc32)cc(C)c1OCC(=O)OC(C)(C)C#Cc1ccc(F)cc1. The third-order valence-electron chi connectivity index (χ3n) is 6.34. The van der Waals surface area contributed by atoms with Gasteiger partial charge in [0.25, 0.3) is 0 Å². The molecule has 1 aromatic heterocycles. The quantitative estimate of drug-likeness (QED) is 0.0783.